The summed E-state index contributed by atoms with van der Waals surface area (Å²) < 4.78 is 5.36. The lowest BCUT2D eigenvalue weighted by Crippen LogP contribution is -2.22. The van der Waals surface area contributed by atoms with Crippen LogP contribution in [-0.4, -0.2) is 6.29 Å². The van der Waals surface area contributed by atoms with Crippen LogP contribution < -0.4 is 10.5 Å². The van der Waals surface area contributed by atoms with Crippen molar-refractivity contribution in [2.45, 2.75) is 13.1 Å². The van der Waals surface area contributed by atoms with E-state index in [2.05, 4.69) is 29.2 Å². The number of carbonyl (C=O) groups excluding carboxylic acids is 1. The highest BCUT2D eigenvalue weighted by Gasteiger charge is 2.11. The summed E-state index contributed by atoms with van der Waals surface area (Å²) in [5, 5.41) is 0.727. The van der Waals surface area contributed by atoms with Crippen molar-refractivity contribution in [3.63, 3.8) is 0 Å². The molecule has 0 aliphatic carbocycles. The van der Waals surface area contributed by atoms with E-state index in [4.69, 9.17) is 4.42 Å². The van der Waals surface area contributed by atoms with Gasteiger partial charge in [-0.25, -0.2) is 4.79 Å². The maximum Gasteiger partial charge on any atom is 0.346 e. The molecule has 0 saturated carbocycles. The molecule has 4 nitrogen and oxygen atoms in total. The van der Waals surface area contributed by atoms with Gasteiger partial charge in [0, 0.05) is 30.2 Å². The Hall–Kier alpha value is -3.66. The summed E-state index contributed by atoms with van der Waals surface area (Å²) in [6, 6.07) is 27.8. The predicted octanol–water partition coefficient (Wildman–Crippen LogP) is 4.81. The fourth-order valence-corrected chi connectivity index (χ4v) is 3.24. The molecule has 4 rings (SSSR count). The van der Waals surface area contributed by atoms with Crippen LogP contribution in [0.15, 0.2) is 94.1 Å². The molecule has 0 saturated heterocycles. The molecule has 1 aromatic heterocycles. The topological polar surface area (TPSA) is 50.5 Å². The number of nitrogens with zero attached hydrogens (tertiary/aromatic N) is 1. The second-order valence-corrected chi connectivity index (χ2v) is 6.66. The number of rotatable bonds is 6. The molecule has 0 atom stereocenters. The van der Waals surface area contributed by atoms with Crippen molar-refractivity contribution >= 4 is 22.9 Å². The molecule has 4 heteroatoms. The van der Waals surface area contributed by atoms with Gasteiger partial charge in [-0.15, -0.1) is 0 Å². The number of anilines is 1. The first kappa shape index (κ1) is 17.7. The van der Waals surface area contributed by atoms with E-state index in [1.807, 2.05) is 54.6 Å². The molecule has 0 amide bonds. The summed E-state index contributed by atoms with van der Waals surface area (Å²) in [7, 11) is 0. The van der Waals surface area contributed by atoms with Crippen LogP contribution in [0.5, 0.6) is 0 Å². The van der Waals surface area contributed by atoms with Gasteiger partial charge in [0.1, 0.15) is 11.1 Å². The summed E-state index contributed by atoms with van der Waals surface area (Å²) in [6.45, 7) is 1.44. The first-order valence-corrected chi connectivity index (χ1v) is 9.09. The van der Waals surface area contributed by atoms with Crippen LogP contribution in [-0.2, 0) is 13.1 Å². The Balaban J connectivity index is 1.74. The molecule has 0 aliphatic rings. The molecule has 138 valence electrons. The van der Waals surface area contributed by atoms with Crippen molar-refractivity contribution in [1.82, 2.24) is 0 Å². The van der Waals surface area contributed by atoms with Crippen LogP contribution in [0.4, 0.5) is 5.69 Å². The number of benzene rings is 3. The maximum absolute atomic E-state index is 11.9. The average Bonchev–Trinajstić information content (AvgIpc) is 2.74. The highest BCUT2D eigenvalue weighted by Crippen LogP contribution is 2.25. The zero-order chi connectivity index (χ0) is 19.3. The first-order valence-electron chi connectivity index (χ1n) is 9.09. The van der Waals surface area contributed by atoms with Crippen LogP contribution in [0.2, 0.25) is 0 Å². The molecule has 0 radical (unpaired) electrons. The summed E-state index contributed by atoms with van der Waals surface area (Å²) in [5.41, 5.74) is 3.22. The summed E-state index contributed by atoms with van der Waals surface area (Å²) in [4.78, 5) is 25.1. The zero-order valence-corrected chi connectivity index (χ0v) is 15.2. The van der Waals surface area contributed by atoms with Gasteiger partial charge in [-0.1, -0.05) is 60.7 Å². The van der Waals surface area contributed by atoms with Crippen molar-refractivity contribution in [3.8, 4) is 0 Å². The fourth-order valence-electron chi connectivity index (χ4n) is 3.24. The monoisotopic (exact) mass is 369 g/mol. The van der Waals surface area contributed by atoms with E-state index >= 15 is 0 Å². The minimum Gasteiger partial charge on any atom is -0.422 e. The Labute approximate surface area is 162 Å². The van der Waals surface area contributed by atoms with Crippen molar-refractivity contribution < 1.29 is 9.21 Å². The number of carbonyl (C=O) groups is 1. The van der Waals surface area contributed by atoms with Gasteiger partial charge in [-0.05, 0) is 29.3 Å². The van der Waals surface area contributed by atoms with Gasteiger partial charge in [0.25, 0.3) is 0 Å². The molecular weight excluding hydrogens is 350 g/mol. The standard InChI is InChI=1S/C24H19NO3/c26-17-21-13-20-11-12-22(14-23(20)28-24(21)27)25(15-18-7-3-1-4-8-18)16-19-9-5-2-6-10-19/h1-14,17H,15-16H2. The SMILES string of the molecule is O=Cc1cc2ccc(N(Cc3ccccc3)Cc3ccccc3)cc2oc1=O. The van der Waals surface area contributed by atoms with Gasteiger partial charge < -0.3 is 9.32 Å². The molecule has 0 fully saturated rings. The molecule has 0 aliphatic heterocycles. The fraction of sp³-hybridized carbons (Fsp3) is 0.0833. The van der Waals surface area contributed by atoms with Crippen LogP contribution in [0.1, 0.15) is 21.5 Å². The normalized spacial score (nSPS) is 10.7. The van der Waals surface area contributed by atoms with Gasteiger partial charge in [0.15, 0.2) is 6.29 Å². The minimum atomic E-state index is -0.614. The highest BCUT2D eigenvalue weighted by atomic mass is 16.4. The third-order valence-electron chi connectivity index (χ3n) is 4.67. The molecule has 4 aromatic rings. The quantitative estimate of drug-likeness (QED) is 0.361. The Morgan fingerprint density at radius 2 is 1.39 bits per heavy atom. The van der Waals surface area contributed by atoms with E-state index in [1.165, 1.54) is 11.1 Å². The lowest BCUT2D eigenvalue weighted by atomic mass is 10.1. The first-order chi connectivity index (χ1) is 13.7. The van der Waals surface area contributed by atoms with Crippen LogP contribution >= 0.6 is 0 Å². The lowest BCUT2D eigenvalue weighted by Gasteiger charge is -2.25. The summed E-state index contributed by atoms with van der Waals surface area (Å²) in [5.74, 6) is 0. The molecule has 0 N–H and O–H groups in total. The number of hydrogen-bond donors (Lipinski definition) is 0. The summed E-state index contributed by atoms with van der Waals surface area (Å²) in [6.07, 6.45) is 0.524. The second-order valence-electron chi connectivity index (χ2n) is 6.66. The van der Waals surface area contributed by atoms with Crippen molar-refractivity contribution in [2.75, 3.05) is 4.90 Å². The van der Waals surface area contributed by atoms with Gasteiger partial charge in [-0.3, -0.25) is 4.79 Å². The van der Waals surface area contributed by atoms with E-state index in [0.717, 1.165) is 24.2 Å². The average molecular weight is 369 g/mol. The van der Waals surface area contributed by atoms with Gasteiger partial charge in [0.05, 0.1) is 0 Å². The zero-order valence-electron chi connectivity index (χ0n) is 15.2. The van der Waals surface area contributed by atoms with Gasteiger partial charge in [0.2, 0.25) is 0 Å². The Morgan fingerprint density at radius 1 is 0.786 bits per heavy atom. The van der Waals surface area contributed by atoms with Crippen molar-refractivity contribution in [1.29, 1.82) is 0 Å². The lowest BCUT2D eigenvalue weighted by molar-refractivity contribution is 0.112. The van der Waals surface area contributed by atoms with E-state index in [1.54, 1.807) is 6.07 Å². The maximum atomic E-state index is 11.9. The molecular formula is C24H19NO3. The number of hydrogen-bond acceptors (Lipinski definition) is 4. The summed E-state index contributed by atoms with van der Waals surface area (Å²) >= 11 is 0. The van der Waals surface area contributed by atoms with E-state index in [0.29, 0.717) is 11.9 Å². The number of fused-ring (bicyclic) bond motifs is 1. The van der Waals surface area contributed by atoms with E-state index < -0.39 is 5.63 Å². The predicted molar refractivity (Wildman–Crippen MR) is 111 cm³/mol. The molecule has 28 heavy (non-hydrogen) atoms. The molecule has 0 bridgehead atoms. The second kappa shape index (κ2) is 7.92. The molecule has 3 aromatic carbocycles. The van der Waals surface area contributed by atoms with Gasteiger partial charge >= 0.3 is 5.63 Å². The Bertz CT molecular complexity index is 1110. The number of aldehydes is 1. The van der Waals surface area contributed by atoms with Crippen molar-refractivity contribution in [2.24, 2.45) is 0 Å². The van der Waals surface area contributed by atoms with Crippen LogP contribution in [0.25, 0.3) is 11.0 Å². The van der Waals surface area contributed by atoms with Crippen molar-refractivity contribution in [3.05, 3.63) is 112 Å². The third kappa shape index (κ3) is 3.86. The largest absolute Gasteiger partial charge is 0.422 e. The smallest absolute Gasteiger partial charge is 0.346 e. The van der Waals surface area contributed by atoms with Gasteiger partial charge in [-0.2, -0.15) is 0 Å². The highest BCUT2D eigenvalue weighted by molar-refractivity contribution is 5.86. The molecule has 1 heterocycles. The van der Waals surface area contributed by atoms with Crippen LogP contribution in [0.3, 0.4) is 0 Å². The Morgan fingerprint density at radius 3 is 1.96 bits per heavy atom. The van der Waals surface area contributed by atoms with E-state index in [9.17, 15) is 9.59 Å². The molecule has 0 unspecified atom stereocenters. The molecule has 0 spiro atoms. The minimum absolute atomic E-state index is 0.0330. The third-order valence-corrected chi connectivity index (χ3v) is 4.67. The van der Waals surface area contributed by atoms with Crippen LogP contribution in [0, 0.1) is 0 Å². The van der Waals surface area contributed by atoms with E-state index in [-0.39, 0.29) is 5.56 Å². The Kier molecular flexibility index (Phi) is 5.02.